The zero-order valence-electron chi connectivity index (χ0n) is 24.0. The molecule has 2 bridgehead atoms. The minimum atomic E-state index is -0.283. The molecule has 1 saturated heterocycles. The fraction of sp³-hybridized carbons (Fsp3) is 0.500. The van der Waals surface area contributed by atoms with Gasteiger partial charge in [0.15, 0.2) is 5.13 Å². The number of rotatable bonds is 8. The van der Waals surface area contributed by atoms with E-state index >= 15 is 0 Å². The van der Waals surface area contributed by atoms with Crippen LogP contribution in [-0.4, -0.2) is 51.7 Å². The van der Waals surface area contributed by atoms with Crippen molar-refractivity contribution in [1.82, 2.24) is 20.0 Å². The van der Waals surface area contributed by atoms with Gasteiger partial charge in [-0.2, -0.15) is 0 Å². The molecule has 0 radical (unpaired) electrons. The van der Waals surface area contributed by atoms with Crippen molar-refractivity contribution in [2.75, 3.05) is 18.6 Å². The molecule has 8 rings (SSSR count). The lowest BCUT2D eigenvalue weighted by molar-refractivity contribution is 0.00958. The summed E-state index contributed by atoms with van der Waals surface area (Å²) in [6.45, 7) is 1.34. The lowest BCUT2D eigenvalue weighted by Gasteiger charge is -2.31. The molecule has 0 N–H and O–H groups in total. The number of ether oxygens (including phenoxy) is 2. The number of hydrogen-bond acceptors (Lipinski definition) is 8. The summed E-state index contributed by atoms with van der Waals surface area (Å²) >= 11 is 14.8. The van der Waals surface area contributed by atoms with E-state index in [0.29, 0.717) is 51.8 Å². The number of nitrogens with zero attached hydrogens (tertiary/aromatic N) is 5. The number of fused-ring (bicyclic) bond motifs is 3. The number of aromatic nitrogens is 4. The second-order valence-electron chi connectivity index (χ2n) is 12.4. The molecule has 0 amide bonds. The second-order valence-corrected chi connectivity index (χ2v) is 14.2. The maximum absolute atomic E-state index is 12.5. The van der Waals surface area contributed by atoms with Crippen molar-refractivity contribution in [3.63, 3.8) is 0 Å². The molecule has 0 spiro atoms. The Bertz CT molecular complexity index is 1690. The number of piperidine rings is 1. The van der Waals surface area contributed by atoms with E-state index in [9.17, 15) is 4.79 Å². The Morgan fingerprint density at radius 3 is 2.56 bits per heavy atom. The van der Waals surface area contributed by atoms with Gasteiger partial charge in [-0.1, -0.05) is 58.7 Å². The number of methoxy groups -OCH3 is 1. The first-order valence-electron chi connectivity index (χ1n) is 15.3. The third-order valence-corrected chi connectivity index (χ3v) is 11.4. The van der Waals surface area contributed by atoms with Crippen molar-refractivity contribution in [1.29, 1.82) is 0 Å². The average molecular weight is 639 g/mol. The van der Waals surface area contributed by atoms with Crippen LogP contribution in [0.1, 0.15) is 84.9 Å². The van der Waals surface area contributed by atoms with E-state index in [1.165, 1.54) is 25.5 Å². The van der Waals surface area contributed by atoms with E-state index in [-0.39, 0.29) is 12.1 Å². The number of anilines is 1. The van der Waals surface area contributed by atoms with Crippen molar-refractivity contribution >= 4 is 55.9 Å². The van der Waals surface area contributed by atoms with Gasteiger partial charge in [0.1, 0.15) is 5.69 Å². The average Bonchev–Trinajstić information content (AvgIpc) is 3.52. The second kappa shape index (κ2) is 11.0. The Kier molecular flexibility index (Phi) is 7.12. The van der Waals surface area contributed by atoms with Gasteiger partial charge in [0.05, 0.1) is 57.4 Å². The predicted molar refractivity (Wildman–Crippen MR) is 168 cm³/mol. The molecule has 2 aromatic carbocycles. The van der Waals surface area contributed by atoms with E-state index in [2.05, 4.69) is 15.2 Å². The first-order valence-corrected chi connectivity index (χ1v) is 16.8. The normalized spacial score (nSPS) is 23.6. The first kappa shape index (κ1) is 27.8. The Balaban J connectivity index is 1.02. The lowest BCUT2D eigenvalue weighted by Crippen LogP contribution is -2.38. The maximum atomic E-state index is 12.5. The van der Waals surface area contributed by atoms with E-state index in [1.807, 2.05) is 35.0 Å². The fourth-order valence-electron chi connectivity index (χ4n) is 7.46. The molecule has 3 atom stereocenters. The number of carbonyl (C=O) groups excluding carboxylic acids is 1. The number of halogens is 2. The first-order chi connectivity index (χ1) is 21.0. The van der Waals surface area contributed by atoms with Crippen LogP contribution < -0.4 is 4.90 Å². The van der Waals surface area contributed by atoms with Crippen molar-refractivity contribution in [2.45, 2.75) is 82.1 Å². The number of benzene rings is 2. The number of thiazole rings is 1. The highest BCUT2D eigenvalue weighted by atomic mass is 35.5. The molecule has 2 aromatic heterocycles. The molecule has 4 aliphatic rings. The summed E-state index contributed by atoms with van der Waals surface area (Å²) in [5.41, 5.74) is 5.27. The van der Waals surface area contributed by atoms with Gasteiger partial charge < -0.3 is 14.4 Å². The van der Waals surface area contributed by atoms with E-state index < -0.39 is 0 Å². The molecular weight excluding hydrogens is 605 g/mol. The SMILES string of the molecule is COC(=O)c1cc(C2CCCC2)c2nc(N3C[C@@H]4C[C@H]3C[C@H]4OCc3c(-c4c(Cl)cccc4Cl)nnn3C3CC3)sc2c1. The molecule has 0 unspecified atom stereocenters. The van der Waals surface area contributed by atoms with Crippen LogP contribution in [0.3, 0.4) is 0 Å². The monoisotopic (exact) mass is 637 g/mol. The highest BCUT2D eigenvalue weighted by Crippen LogP contribution is 2.47. The molecule has 3 heterocycles. The molecule has 3 saturated carbocycles. The molecule has 11 heteroatoms. The van der Waals surface area contributed by atoms with Crippen LogP contribution in [0, 0.1) is 5.92 Å². The predicted octanol–water partition coefficient (Wildman–Crippen LogP) is 7.82. The Morgan fingerprint density at radius 1 is 1.07 bits per heavy atom. The van der Waals surface area contributed by atoms with Crippen molar-refractivity contribution in [2.24, 2.45) is 5.92 Å². The Labute approximate surface area is 264 Å². The third kappa shape index (κ3) is 4.93. The van der Waals surface area contributed by atoms with Gasteiger partial charge in [-0.15, -0.1) is 5.10 Å². The van der Waals surface area contributed by atoms with Crippen LogP contribution in [0.2, 0.25) is 10.0 Å². The van der Waals surface area contributed by atoms with Crippen LogP contribution in [-0.2, 0) is 16.1 Å². The van der Waals surface area contributed by atoms with Crippen LogP contribution >= 0.6 is 34.5 Å². The van der Waals surface area contributed by atoms with Crippen LogP contribution in [0.4, 0.5) is 5.13 Å². The molecule has 224 valence electrons. The summed E-state index contributed by atoms with van der Waals surface area (Å²) in [4.78, 5) is 20.2. The molecular formula is C32H33Cl2N5O3S. The van der Waals surface area contributed by atoms with Gasteiger partial charge >= 0.3 is 5.97 Å². The smallest absolute Gasteiger partial charge is 0.337 e. The number of hydrogen-bond donors (Lipinski definition) is 0. The lowest BCUT2D eigenvalue weighted by atomic mass is 9.95. The van der Waals surface area contributed by atoms with Crippen LogP contribution in [0.15, 0.2) is 30.3 Å². The maximum Gasteiger partial charge on any atom is 0.337 e. The summed E-state index contributed by atoms with van der Waals surface area (Å²) in [7, 11) is 1.45. The molecule has 8 nitrogen and oxygen atoms in total. The van der Waals surface area contributed by atoms with Crippen LogP contribution in [0.25, 0.3) is 21.5 Å². The molecule has 4 aromatic rings. The van der Waals surface area contributed by atoms with Crippen molar-refractivity contribution in [3.8, 4) is 11.3 Å². The van der Waals surface area contributed by atoms with Gasteiger partial charge in [0.25, 0.3) is 0 Å². The zero-order valence-corrected chi connectivity index (χ0v) is 26.3. The summed E-state index contributed by atoms with van der Waals surface area (Å²) < 4.78 is 14.8. The summed E-state index contributed by atoms with van der Waals surface area (Å²) in [6.07, 6.45) is 9.16. The van der Waals surface area contributed by atoms with E-state index in [0.717, 1.165) is 71.7 Å². The molecule has 43 heavy (non-hydrogen) atoms. The third-order valence-electron chi connectivity index (χ3n) is 9.77. The van der Waals surface area contributed by atoms with Gasteiger partial charge in [0, 0.05) is 24.1 Å². The number of esters is 1. The standard InChI is InChI=1S/C32H33Cl2N5O3S/c1-41-31(40)18-12-22(17-5-2-3-6-17)29-27(13-18)43-32(35-29)38-15-19-11-21(38)14-26(19)42-16-25-30(36-37-39(25)20-9-10-20)28-23(33)7-4-8-24(28)34/h4,7-8,12-13,17,19-21,26H,2-3,5-6,9-11,14-16H2,1H3/t19-,21-,26+/m0/s1. The van der Waals surface area contributed by atoms with Gasteiger partial charge in [0.2, 0.25) is 0 Å². The fourth-order valence-corrected chi connectivity index (χ4v) is 9.16. The largest absolute Gasteiger partial charge is 0.465 e. The number of carbonyl (C=O) groups is 1. The van der Waals surface area contributed by atoms with Crippen LogP contribution in [0.5, 0.6) is 0 Å². The highest BCUT2D eigenvalue weighted by Gasteiger charge is 2.46. The summed E-state index contributed by atoms with van der Waals surface area (Å²) in [5.74, 6) is 0.600. The summed E-state index contributed by atoms with van der Waals surface area (Å²) in [6, 6.07) is 10.3. The van der Waals surface area contributed by atoms with E-state index in [1.54, 1.807) is 11.3 Å². The Hall–Kier alpha value is -2.72. The van der Waals surface area contributed by atoms with Crippen molar-refractivity contribution in [3.05, 3.63) is 57.2 Å². The topological polar surface area (TPSA) is 82.4 Å². The van der Waals surface area contributed by atoms with Gasteiger partial charge in [-0.05, 0) is 74.3 Å². The van der Waals surface area contributed by atoms with Gasteiger partial charge in [-0.25, -0.2) is 14.5 Å². The molecule has 3 aliphatic carbocycles. The van der Waals surface area contributed by atoms with Gasteiger partial charge in [-0.3, -0.25) is 0 Å². The van der Waals surface area contributed by atoms with Crippen molar-refractivity contribution < 1.29 is 14.3 Å². The summed E-state index contributed by atoms with van der Waals surface area (Å²) in [5, 5.41) is 11.2. The minimum Gasteiger partial charge on any atom is -0.465 e. The Morgan fingerprint density at radius 2 is 1.86 bits per heavy atom. The minimum absolute atomic E-state index is 0.160. The molecule has 4 fully saturated rings. The zero-order chi connectivity index (χ0) is 29.2. The quantitative estimate of drug-likeness (QED) is 0.182. The molecule has 1 aliphatic heterocycles. The van der Waals surface area contributed by atoms with E-state index in [4.69, 9.17) is 37.7 Å². The highest BCUT2D eigenvalue weighted by molar-refractivity contribution is 7.22.